The second-order valence-corrected chi connectivity index (χ2v) is 4.87. The van der Waals surface area contributed by atoms with Crippen molar-refractivity contribution in [3.05, 3.63) is 27.3 Å². The van der Waals surface area contributed by atoms with Crippen LogP contribution in [0.2, 0.25) is 0 Å². The molecule has 0 radical (unpaired) electrons. The molecule has 6 nitrogen and oxygen atoms in total. The van der Waals surface area contributed by atoms with Crippen LogP contribution in [0.4, 0.5) is 5.69 Å². The van der Waals surface area contributed by atoms with Gasteiger partial charge in [-0.05, 0) is 46.4 Å². The summed E-state index contributed by atoms with van der Waals surface area (Å²) in [6, 6.07) is 5.29. The second kappa shape index (κ2) is 6.55. The molecule has 18 heavy (non-hydrogen) atoms. The molecule has 0 saturated heterocycles. The Labute approximate surface area is 118 Å². The van der Waals surface area contributed by atoms with Crippen LogP contribution in [0.5, 0.6) is 0 Å². The molecule has 4 N–H and O–H groups in total. The number of nitrogens with two attached hydrogens (primary N) is 1. The van der Waals surface area contributed by atoms with E-state index in [-0.39, 0.29) is 19.6 Å². The van der Waals surface area contributed by atoms with E-state index in [1.54, 1.807) is 12.1 Å². The van der Waals surface area contributed by atoms with E-state index in [4.69, 9.17) is 15.9 Å². The van der Waals surface area contributed by atoms with E-state index in [1.165, 1.54) is 4.90 Å². The molecule has 1 aromatic rings. The first-order valence-corrected chi connectivity index (χ1v) is 6.19. The van der Waals surface area contributed by atoms with Crippen LogP contribution in [0, 0.1) is 3.57 Å². The lowest BCUT2D eigenvalue weighted by Gasteiger charge is -2.23. The van der Waals surface area contributed by atoms with Gasteiger partial charge in [-0.1, -0.05) is 0 Å². The minimum atomic E-state index is -1.09. The van der Waals surface area contributed by atoms with Crippen molar-refractivity contribution in [2.75, 3.05) is 18.0 Å². The SMILES string of the molecule is NCc1cc(I)ccc1N(CC(=O)O)CC(=O)O. The highest BCUT2D eigenvalue weighted by Gasteiger charge is 2.16. The molecule has 98 valence electrons. The lowest BCUT2D eigenvalue weighted by molar-refractivity contribution is -0.136. The van der Waals surface area contributed by atoms with Crippen molar-refractivity contribution in [1.82, 2.24) is 0 Å². The van der Waals surface area contributed by atoms with Crippen molar-refractivity contribution in [3.8, 4) is 0 Å². The van der Waals surface area contributed by atoms with E-state index in [2.05, 4.69) is 22.6 Å². The summed E-state index contributed by atoms with van der Waals surface area (Å²) >= 11 is 2.11. The molecule has 0 heterocycles. The zero-order valence-corrected chi connectivity index (χ0v) is 11.6. The Morgan fingerprint density at radius 1 is 1.22 bits per heavy atom. The summed E-state index contributed by atoms with van der Waals surface area (Å²) in [5.41, 5.74) is 6.86. The molecule has 0 saturated carbocycles. The minimum absolute atomic E-state index is 0.224. The van der Waals surface area contributed by atoms with Gasteiger partial charge in [-0.3, -0.25) is 9.59 Å². The van der Waals surface area contributed by atoms with Gasteiger partial charge in [-0.15, -0.1) is 0 Å². The number of nitrogens with zero attached hydrogens (tertiary/aromatic N) is 1. The number of rotatable bonds is 6. The maximum absolute atomic E-state index is 10.8. The molecule has 0 aliphatic heterocycles. The average molecular weight is 364 g/mol. The van der Waals surface area contributed by atoms with Crippen LogP contribution in [-0.2, 0) is 16.1 Å². The van der Waals surface area contributed by atoms with Gasteiger partial charge in [0.1, 0.15) is 13.1 Å². The predicted octanol–water partition coefficient (Wildman–Crippen LogP) is 0.725. The van der Waals surface area contributed by atoms with Crippen LogP contribution >= 0.6 is 22.6 Å². The lowest BCUT2D eigenvalue weighted by atomic mass is 10.1. The zero-order valence-electron chi connectivity index (χ0n) is 9.47. The van der Waals surface area contributed by atoms with Gasteiger partial charge in [0.15, 0.2) is 0 Å². The first-order valence-electron chi connectivity index (χ1n) is 5.11. The largest absolute Gasteiger partial charge is 0.480 e. The van der Waals surface area contributed by atoms with E-state index in [0.717, 1.165) is 9.13 Å². The number of hydrogen-bond acceptors (Lipinski definition) is 4. The van der Waals surface area contributed by atoms with Gasteiger partial charge in [-0.2, -0.15) is 0 Å². The number of halogens is 1. The van der Waals surface area contributed by atoms with E-state index < -0.39 is 11.9 Å². The summed E-state index contributed by atoms with van der Waals surface area (Å²) in [7, 11) is 0. The van der Waals surface area contributed by atoms with Gasteiger partial charge in [-0.25, -0.2) is 0 Å². The quantitative estimate of drug-likeness (QED) is 0.643. The van der Waals surface area contributed by atoms with Gasteiger partial charge < -0.3 is 20.8 Å². The molecular formula is C11H13IN2O4. The number of carboxylic acids is 2. The average Bonchev–Trinajstić information content (AvgIpc) is 2.26. The van der Waals surface area contributed by atoms with Gasteiger partial charge >= 0.3 is 11.9 Å². The van der Waals surface area contributed by atoms with Crippen LogP contribution in [0.15, 0.2) is 18.2 Å². The Morgan fingerprint density at radius 2 is 1.78 bits per heavy atom. The number of carbonyl (C=O) groups is 2. The summed E-state index contributed by atoms with van der Waals surface area (Å²) < 4.78 is 0.961. The van der Waals surface area contributed by atoms with E-state index >= 15 is 0 Å². The number of aliphatic carboxylic acids is 2. The summed E-state index contributed by atoms with van der Waals surface area (Å²) in [5.74, 6) is -2.17. The highest BCUT2D eigenvalue weighted by molar-refractivity contribution is 14.1. The van der Waals surface area contributed by atoms with Crippen molar-refractivity contribution in [2.24, 2.45) is 5.73 Å². The number of hydrogen-bond donors (Lipinski definition) is 3. The topological polar surface area (TPSA) is 104 Å². The van der Waals surface area contributed by atoms with Gasteiger partial charge in [0, 0.05) is 15.8 Å². The van der Waals surface area contributed by atoms with Crippen LogP contribution in [0.3, 0.4) is 0 Å². The fourth-order valence-corrected chi connectivity index (χ4v) is 2.13. The van der Waals surface area contributed by atoms with Crippen molar-refractivity contribution in [1.29, 1.82) is 0 Å². The molecule has 0 atom stereocenters. The molecule has 0 aromatic heterocycles. The summed E-state index contributed by atoms with van der Waals surface area (Å²) in [5, 5.41) is 17.6. The minimum Gasteiger partial charge on any atom is -0.480 e. The third-order valence-electron chi connectivity index (χ3n) is 2.25. The standard InChI is InChI=1S/C11H13IN2O4/c12-8-1-2-9(7(3-8)4-13)14(5-10(15)16)6-11(17)18/h1-3H,4-6,13H2,(H,15,16)(H,17,18). The van der Waals surface area contributed by atoms with Crippen molar-refractivity contribution >= 4 is 40.2 Å². The smallest absolute Gasteiger partial charge is 0.323 e. The highest BCUT2D eigenvalue weighted by Crippen LogP contribution is 2.22. The molecule has 7 heteroatoms. The Kier molecular flexibility index (Phi) is 5.35. The lowest BCUT2D eigenvalue weighted by Crippen LogP contribution is -2.35. The van der Waals surface area contributed by atoms with Gasteiger partial charge in [0.05, 0.1) is 0 Å². The molecule has 0 fully saturated rings. The van der Waals surface area contributed by atoms with Crippen LogP contribution in [0.1, 0.15) is 5.56 Å². The predicted molar refractivity (Wildman–Crippen MR) is 74.5 cm³/mol. The first-order chi connectivity index (χ1) is 8.43. The number of carboxylic acid groups (broad SMARTS) is 2. The zero-order chi connectivity index (χ0) is 13.7. The van der Waals surface area contributed by atoms with Crippen molar-refractivity contribution in [2.45, 2.75) is 6.54 Å². The van der Waals surface area contributed by atoms with E-state index in [1.807, 2.05) is 6.07 Å². The molecule has 0 amide bonds. The second-order valence-electron chi connectivity index (χ2n) is 3.62. The summed E-state index contributed by atoms with van der Waals surface area (Å²) in [4.78, 5) is 22.8. The van der Waals surface area contributed by atoms with E-state index in [9.17, 15) is 9.59 Å². The molecule has 0 spiro atoms. The Hall–Kier alpha value is -1.35. The molecule has 0 bridgehead atoms. The molecule has 1 aromatic carbocycles. The number of anilines is 1. The molecular weight excluding hydrogens is 351 g/mol. The molecule has 0 unspecified atom stereocenters. The first kappa shape index (κ1) is 14.7. The third-order valence-corrected chi connectivity index (χ3v) is 2.93. The molecule has 0 aliphatic rings. The fourth-order valence-electron chi connectivity index (χ4n) is 1.58. The number of benzene rings is 1. The van der Waals surface area contributed by atoms with E-state index in [0.29, 0.717) is 5.69 Å². The van der Waals surface area contributed by atoms with Crippen molar-refractivity contribution < 1.29 is 19.8 Å². The van der Waals surface area contributed by atoms with Gasteiger partial charge in [0.25, 0.3) is 0 Å². The molecule has 1 rings (SSSR count). The highest BCUT2D eigenvalue weighted by atomic mass is 127. The van der Waals surface area contributed by atoms with Crippen LogP contribution < -0.4 is 10.6 Å². The Morgan fingerprint density at radius 3 is 2.22 bits per heavy atom. The fraction of sp³-hybridized carbons (Fsp3) is 0.273. The van der Waals surface area contributed by atoms with Gasteiger partial charge in [0.2, 0.25) is 0 Å². The molecule has 0 aliphatic carbocycles. The maximum atomic E-state index is 10.8. The summed E-state index contributed by atoms with van der Waals surface area (Å²) in [6.45, 7) is -0.526. The third kappa shape index (κ3) is 4.15. The van der Waals surface area contributed by atoms with Crippen LogP contribution in [-0.4, -0.2) is 35.2 Å². The Balaban J connectivity index is 3.10. The monoisotopic (exact) mass is 364 g/mol. The normalized spacial score (nSPS) is 10.1. The van der Waals surface area contributed by atoms with Crippen molar-refractivity contribution in [3.63, 3.8) is 0 Å². The van der Waals surface area contributed by atoms with Crippen LogP contribution in [0.25, 0.3) is 0 Å². The Bertz CT molecular complexity index is 448. The summed E-state index contributed by atoms with van der Waals surface area (Å²) in [6.07, 6.45) is 0. The maximum Gasteiger partial charge on any atom is 0.323 e.